The molecule has 0 spiro atoms. The average molecular weight is 492 g/mol. The number of aromatic nitrogens is 3. The van der Waals surface area contributed by atoms with Crippen LogP contribution in [0.1, 0.15) is 17.1 Å². The molecule has 3 heterocycles. The van der Waals surface area contributed by atoms with Crippen molar-refractivity contribution in [2.75, 3.05) is 40.4 Å². The molecule has 1 fully saturated rings. The molecule has 182 valence electrons. The molecular formula is C26H29N5O3S. The van der Waals surface area contributed by atoms with E-state index >= 15 is 0 Å². The highest BCUT2D eigenvalue weighted by atomic mass is 32.1. The lowest BCUT2D eigenvalue weighted by Crippen LogP contribution is -2.45. The van der Waals surface area contributed by atoms with Crippen molar-refractivity contribution in [2.45, 2.75) is 20.0 Å². The van der Waals surface area contributed by atoms with Gasteiger partial charge < -0.3 is 14.0 Å². The quantitative estimate of drug-likeness (QED) is 0.357. The Morgan fingerprint density at radius 2 is 1.66 bits per heavy atom. The maximum Gasteiger partial charge on any atom is 0.241 e. The first kappa shape index (κ1) is 23.5. The first-order chi connectivity index (χ1) is 17.1. The number of thiazole rings is 1. The van der Waals surface area contributed by atoms with Gasteiger partial charge >= 0.3 is 0 Å². The molecule has 2 aromatic heterocycles. The predicted octanol–water partition coefficient (Wildman–Crippen LogP) is 4.50. The molecule has 2 aromatic carbocycles. The number of aryl methyl sites for hydroxylation is 1. The van der Waals surface area contributed by atoms with Crippen LogP contribution in [0.5, 0.6) is 11.5 Å². The minimum Gasteiger partial charge on any atom is -0.497 e. The van der Waals surface area contributed by atoms with Gasteiger partial charge in [0.15, 0.2) is 0 Å². The van der Waals surface area contributed by atoms with Crippen LogP contribution in [0.4, 0.5) is 0 Å². The normalized spacial score (nSPS) is 14.8. The standard InChI is InChI=1S/C26H29N5O3S/c1-18-4-6-19(7-5-18)25-28-24(34-29-25)16-31-12-10-30(11-13-31)15-20-17-35-26(27-20)22-9-8-21(32-2)14-23(22)33-3/h4-9,14,17H,10-13,15-16H2,1-3H3. The van der Waals surface area contributed by atoms with Crippen molar-refractivity contribution in [3.63, 3.8) is 0 Å². The van der Waals surface area contributed by atoms with Crippen molar-refractivity contribution in [3.8, 4) is 33.5 Å². The molecule has 8 nitrogen and oxygen atoms in total. The van der Waals surface area contributed by atoms with Gasteiger partial charge in [0.25, 0.3) is 0 Å². The summed E-state index contributed by atoms with van der Waals surface area (Å²) in [4.78, 5) is 14.3. The van der Waals surface area contributed by atoms with E-state index in [1.807, 2.05) is 30.3 Å². The van der Waals surface area contributed by atoms with Crippen molar-refractivity contribution >= 4 is 11.3 Å². The molecule has 0 amide bonds. The fourth-order valence-electron chi connectivity index (χ4n) is 4.14. The lowest BCUT2D eigenvalue weighted by atomic mass is 10.1. The third-order valence-corrected chi connectivity index (χ3v) is 7.10. The van der Waals surface area contributed by atoms with Gasteiger partial charge in [-0.3, -0.25) is 9.80 Å². The Morgan fingerprint density at radius 3 is 2.37 bits per heavy atom. The van der Waals surface area contributed by atoms with Gasteiger partial charge in [0.05, 0.1) is 32.0 Å². The highest BCUT2D eigenvalue weighted by Crippen LogP contribution is 2.35. The zero-order chi connectivity index (χ0) is 24.2. The molecule has 5 rings (SSSR count). The Kier molecular flexibility index (Phi) is 7.08. The zero-order valence-electron chi connectivity index (χ0n) is 20.2. The molecule has 0 bridgehead atoms. The first-order valence-corrected chi connectivity index (χ1v) is 12.5. The van der Waals surface area contributed by atoms with Crippen molar-refractivity contribution in [1.29, 1.82) is 0 Å². The van der Waals surface area contributed by atoms with Crippen LogP contribution in [0, 0.1) is 6.92 Å². The molecule has 0 saturated carbocycles. The van der Waals surface area contributed by atoms with E-state index in [-0.39, 0.29) is 0 Å². The van der Waals surface area contributed by atoms with Crippen LogP contribution in [0.25, 0.3) is 22.0 Å². The Morgan fingerprint density at radius 1 is 0.914 bits per heavy atom. The summed E-state index contributed by atoms with van der Waals surface area (Å²) < 4.78 is 16.4. The summed E-state index contributed by atoms with van der Waals surface area (Å²) in [6.45, 7) is 7.41. The summed E-state index contributed by atoms with van der Waals surface area (Å²) >= 11 is 1.64. The van der Waals surface area contributed by atoms with Crippen molar-refractivity contribution in [1.82, 2.24) is 24.9 Å². The van der Waals surface area contributed by atoms with Gasteiger partial charge in [-0.05, 0) is 19.1 Å². The SMILES string of the molecule is COc1ccc(-c2nc(CN3CCN(Cc4nc(-c5ccc(C)cc5)no4)CC3)cs2)c(OC)c1. The molecule has 0 atom stereocenters. The fourth-order valence-corrected chi connectivity index (χ4v) is 4.98. The number of benzene rings is 2. The van der Waals surface area contributed by atoms with Crippen LogP contribution in [-0.4, -0.2) is 65.3 Å². The summed E-state index contributed by atoms with van der Waals surface area (Å²) in [6.07, 6.45) is 0. The van der Waals surface area contributed by atoms with E-state index in [0.29, 0.717) is 18.3 Å². The lowest BCUT2D eigenvalue weighted by Gasteiger charge is -2.33. The summed E-state index contributed by atoms with van der Waals surface area (Å²) in [5.41, 5.74) is 4.25. The third-order valence-electron chi connectivity index (χ3n) is 6.18. The molecular weight excluding hydrogens is 462 g/mol. The van der Waals surface area contributed by atoms with Crippen LogP contribution in [-0.2, 0) is 13.1 Å². The molecule has 0 radical (unpaired) electrons. The van der Waals surface area contributed by atoms with Crippen molar-refractivity contribution in [2.24, 2.45) is 0 Å². The molecule has 1 aliphatic rings. The van der Waals surface area contributed by atoms with E-state index in [1.54, 1.807) is 25.6 Å². The smallest absolute Gasteiger partial charge is 0.241 e. The van der Waals surface area contributed by atoms with Gasteiger partial charge in [0, 0.05) is 49.7 Å². The van der Waals surface area contributed by atoms with E-state index in [4.69, 9.17) is 19.0 Å². The molecule has 1 saturated heterocycles. The highest BCUT2D eigenvalue weighted by molar-refractivity contribution is 7.13. The number of hydrogen-bond acceptors (Lipinski definition) is 9. The zero-order valence-corrected chi connectivity index (χ0v) is 21.0. The maximum atomic E-state index is 5.55. The van der Waals surface area contributed by atoms with Crippen molar-refractivity contribution in [3.05, 3.63) is 65.0 Å². The molecule has 0 N–H and O–H groups in total. The van der Waals surface area contributed by atoms with Crippen LogP contribution in [0.3, 0.4) is 0 Å². The Labute approximate surface area is 209 Å². The van der Waals surface area contributed by atoms with E-state index in [2.05, 4.69) is 44.4 Å². The minimum absolute atomic E-state index is 0.645. The maximum absolute atomic E-state index is 5.55. The first-order valence-electron chi connectivity index (χ1n) is 11.6. The molecule has 4 aromatic rings. The average Bonchev–Trinajstić information content (AvgIpc) is 3.55. The van der Waals surface area contributed by atoms with E-state index < -0.39 is 0 Å². The molecule has 35 heavy (non-hydrogen) atoms. The van der Waals surface area contributed by atoms with Crippen molar-refractivity contribution < 1.29 is 14.0 Å². The molecule has 1 aliphatic heterocycles. The van der Waals surface area contributed by atoms with Gasteiger partial charge in [-0.25, -0.2) is 4.98 Å². The van der Waals surface area contributed by atoms with E-state index in [9.17, 15) is 0 Å². The minimum atomic E-state index is 0.645. The fraction of sp³-hybridized carbons (Fsp3) is 0.346. The summed E-state index contributed by atoms with van der Waals surface area (Å²) in [5, 5.41) is 7.25. The van der Waals surface area contributed by atoms with Gasteiger partial charge in [-0.15, -0.1) is 11.3 Å². The molecule has 0 aliphatic carbocycles. The van der Waals surface area contributed by atoms with Crippen LogP contribution in [0.2, 0.25) is 0 Å². The number of hydrogen-bond donors (Lipinski definition) is 0. The summed E-state index contributed by atoms with van der Waals surface area (Å²) in [5.74, 6) is 2.84. The molecule has 0 unspecified atom stereocenters. The van der Waals surface area contributed by atoms with E-state index in [0.717, 1.165) is 66.1 Å². The summed E-state index contributed by atoms with van der Waals surface area (Å²) in [7, 11) is 3.32. The second kappa shape index (κ2) is 10.6. The molecule has 9 heteroatoms. The number of piperazine rings is 1. The Bertz CT molecular complexity index is 1260. The largest absolute Gasteiger partial charge is 0.497 e. The topological polar surface area (TPSA) is 76.8 Å². The summed E-state index contributed by atoms with van der Waals surface area (Å²) in [6, 6.07) is 14.0. The van der Waals surface area contributed by atoms with Gasteiger partial charge in [-0.1, -0.05) is 35.0 Å². The van der Waals surface area contributed by atoms with Crippen LogP contribution >= 0.6 is 11.3 Å². The number of rotatable bonds is 8. The third kappa shape index (κ3) is 5.53. The Balaban J connectivity index is 1.14. The second-order valence-corrected chi connectivity index (χ2v) is 9.50. The van der Waals surface area contributed by atoms with Gasteiger partial charge in [0.1, 0.15) is 16.5 Å². The predicted molar refractivity (Wildman–Crippen MR) is 136 cm³/mol. The lowest BCUT2D eigenvalue weighted by molar-refractivity contribution is 0.111. The van der Waals surface area contributed by atoms with Crippen LogP contribution in [0.15, 0.2) is 52.4 Å². The Hall–Kier alpha value is -3.27. The highest BCUT2D eigenvalue weighted by Gasteiger charge is 2.21. The number of nitrogens with zero attached hydrogens (tertiary/aromatic N) is 5. The van der Waals surface area contributed by atoms with Gasteiger partial charge in [0.2, 0.25) is 11.7 Å². The second-order valence-electron chi connectivity index (χ2n) is 8.64. The van der Waals surface area contributed by atoms with E-state index in [1.165, 1.54) is 5.56 Å². The van der Waals surface area contributed by atoms with Crippen LogP contribution < -0.4 is 9.47 Å². The van der Waals surface area contributed by atoms with Gasteiger partial charge in [-0.2, -0.15) is 4.98 Å². The number of ether oxygens (including phenoxy) is 2. The number of methoxy groups -OCH3 is 2. The monoisotopic (exact) mass is 491 g/mol.